The Morgan fingerprint density at radius 2 is 1.79 bits per heavy atom. The number of ketones is 1. The largest absolute Gasteiger partial charge is 0.293 e. The van der Waals surface area contributed by atoms with Gasteiger partial charge in [-0.3, -0.25) is 14.2 Å². The lowest BCUT2D eigenvalue weighted by atomic mass is 9.78. The number of fused-ring (bicyclic) bond motifs is 1. The van der Waals surface area contributed by atoms with E-state index < -0.39 is 0 Å². The predicted octanol–water partition coefficient (Wildman–Crippen LogP) is 5.37. The van der Waals surface area contributed by atoms with Gasteiger partial charge in [0.25, 0.3) is 5.56 Å². The summed E-state index contributed by atoms with van der Waals surface area (Å²) in [5.74, 6) is 1.28. The summed E-state index contributed by atoms with van der Waals surface area (Å²) < 4.78 is 1.88. The highest BCUT2D eigenvalue weighted by molar-refractivity contribution is 7.99. The first-order valence-corrected chi connectivity index (χ1v) is 11.3. The highest BCUT2D eigenvalue weighted by atomic mass is 32.2. The third kappa shape index (κ3) is 4.01. The van der Waals surface area contributed by atoms with Gasteiger partial charge in [-0.1, -0.05) is 80.9 Å². The molecular formula is C24H26N2O2S. The summed E-state index contributed by atoms with van der Waals surface area (Å²) in [6.45, 7) is 4.50. The Hall–Kier alpha value is -2.40. The number of carbonyl (C=O) groups is 1. The number of nitrogens with zero attached hydrogens (tertiary/aromatic N) is 2. The van der Waals surface area contributed by atoms with E-state index in [1.807, 2.05) is 59.2 Å². The molecule has 0 spiro atoms. The van der Waals surface area contributed by atoms with Crippen LogP contribution < -0.4 is 5.56 Å². The molecule has 1 heterocycles. The van der Waals surface area contributed by atoms with E-state index in [1.54, 1.807) is 0 Å². The average Bonchev–Trinajstić information content (AvgIpc) is 2.75. The maximum Gasteiger partial charge on any atom is 0.262 e. The molecular weight excluding hydrogens is 380 g/mol. The van der Waals surface area contributed by atoms with Gasteiger partial charge in [-0.05, 0) is 30.4 Å². The average molecular weight is 407 g/mol. The van der Waals surface area contributed by atoms with Crippen molar-refractivity contribution in [3.05, 3.63) is 70.5 Å². The van der Waals surface area contributed by atoms with Crippen molar-refractivity contribution in [2.24, 2.45) is 11.8 Å². The van der Waals surface area contributed by atoms with Gasteiger partial charge < -0.3 is 0 Å². The molecule has 1 fully saturated rings. The highest BCUT2D eigenvalue weighted by Gasteiger charge is 2.31. The molecule has 0 aliphatic heterocycles. The molecule has 1 aliphatic rings. The molecule has 1 aliphatic carbocycles. The molecule has 4 nitrogen and oxygen atoms in total. The van der Waals surface area contributed by atoms with E-state index in [2.05, 4.69) is 13.8 Å². The lowest BCUT2D eigenvalue weighted by Gasteiger charge is -2.36. The molecule has 2 aromatic carbocycles. The van der Waals surface area contributed by atoms with Crippen LogP contribution in [0, 0.1) is 11.8 Å². The third-order valence-corrected chi connectivity index (χ3v) is 7.15. The van der Waals surface area contributed by atoms with Gasteiger partial charge in [-0.15, -0.1) is 0 Å². The molecule has 3 atom stereocenters. The molecule has 5 heteroatoms. The summed E-state index contributed by atoms with van der Waals surface area (Å²) >= 11 is 1.38. The van der Waals surface area contributed by atoms with Gasteiger partial charge in [-0.2, -0.15) is 0 Å². The van der Waals surface area contributed by atoms with E-state index in [9.17, 15) is 9.59 Å². The van der Waals surface area contributed by atoms with Crippen LogP contribution in [0.3, 0.4) is 0 Å². The summed E-state index contributed by atoms with van der Waals surface area (Å²) in [6, 6.07) is 16.9. The Morgan fingerprint density at radius 1 is 1.07 bits per heavy atom. The van der Waals surface area contributed by atoms with Crippen molar-refractivity contribution in [2.75, 3.05) is 5.75 Å². The van der Waals surface area contributed by atoms with Crippen LogP contribution in [0.4, 0.5) is 0 Å². The number of aromatic nitrogens is 2. The normalized spacial score (nSPS) is 21.9. The van der Waals surface area contributed by atoms with E-state index in [0.29, 0.717) is 33.5 Å². The number of benzene rings is 2. The van der Waals surface area contributed by atoms with Gasteiger partial charge in [-0.25, -0.2) is 4.98 Å². The van der Waals surface area contributed by atoms with Crippen LogP contribution in [0.25, 0.3) is 10.9 Å². The molecule has 0 bridgehead atoms. The van der Waals surface area contributed by atoms with Crippen LogP contribution in [-0.4, -0.2) is 21.1 Å². The van der Waals surface area contributed by atoms with Crippen LogP contribution in [0.1, 0.15) is 49.5 Å². The van der Waals surface area contributed by atoms with E-state index >= 15 is 0 Å². The second-order valence-corrected chi connectivity index (χ2v) is 8.94. The Kier molecular flexibility index (Phi) is 5.86. The fourth-order valence-electron chi connectivity index (χ4n) is 4.28. The van der Waals surface area contributed by atoms with Gasteiger partial charge in [0.2, 0.25) is 0 Å². The van der Waals surface area contributed by atoms with Crippen molar-refractivity contribution in [3.8, 4) is 0 Å². The fraction of sp³-hybridized carbons (Fsp3) is 0.375. The molecule has 0 N–H and O–H groups in total. The zero-order valence-electron chi connectivity index (χ0n) is 16.9. The summed E-state index contributed by atoms with van der Waals surface area (Å²) in [5, 5.41) is 1.31. The monoisotopic (exact) mass is 406 g/mol. The summed E-state index contributed by atoms with van der Waals surface area (Å²) in [4.78, 5) is 30.9. The number of hydrogen-bond donors (Lipinski definition) is 0. The number of Topliss-reactive ketones (excluding diaryl/α,β-unsaturated/α-hetero) is 1. The first-order valence-electron chi connectivity index (χ1n) is 10.3. The van der Waals surface area contributed by atoms with Crippen LogP contribution >= 0.6 is 11.8 Å². The van der Waals surface area contributed by atoms with Crippen LogP contribution in [-0.2, 0) is 0 Å². The predicted molar refractivity (Wildman–Crippen MR) is 119 cm³/mol. The van der Waals surface area contributed by atoms with Gasteiger partial charge in [0.05, 0.1) is 16.7 Å². The fourth-order valence-corrected chi connectivity index (χ4v) is 5.22. The molecule has 4 rings (SSSR count). The molecule has 0 amide bonds. The van der Waals surface area contributed by atoms with Crippen molar-refractivity contribution in [1.29, 1.82) is 0 Å². The van der Waals surface area contributed by atoms with Gasteiger partial charge in [0, 0.05) is 11.6 Å². The summed E-state index contributed by atoms with van der Waals surface area (Å²) in [5.41, 5.74) is 1.39. The molecule has 1 aromatic heterocycles. The number of hydrogen-bond acceptors (Lipinski definition) is 4. The minimum absolute atomic E-state index is 0.0104. The quantitative estimate of drug-likeness (QED) is 0.325. The van der Waals surface area contributed by atoms with E-state index in [1.165, 1.54) is 18.2 Å². The minimum atomic E-state index is 0.0104. The highest BCUT2D eigenvalue weighted by Crippen LogP contribution is 2.38. The standard InChI is InChI=1S/C24H26N2O2S/c1-16-9-8-14-21(17(16)2)26-23(28)19-12-6-7-13-20(19)25-24(26)29-15-22(27)18-10-4-3-5-11-18/h3-7,10-13,16-17,21H,8-9,14-15H2,1-2H3/t16-,17-,21+/m1/s1. The number of para-hydroxylation sites is 1. The molecule has 0 radical (unpaired) electrons. The maximum absolute atomic E-state index is 13.4. The Labute approximate surface area is 175 Å². The Bertz CT molecular complexity index is 1080. The van der Waals surface area contributed by atoms with Crippen molar-refractivity contribution in [2.45, 2.75) is 44.3 Å². The van der Waals surface area contributed by atoms with Crippen LogP contribution in [0.5, 0.6) is 0 Å². The molecule has 29 heavy (non-hydrogen) atoms. The molecule has 3 aromatic rings. The van der Waals surface area contributed by atoms with Crippen LogP contribution in [0.2, 0.25) is 0 Å². The van der Waals surface area contributed by atoms with Gasteiger partial charge >= 0.3 is 0 Å². The first kappa shape index (κ1) is 19.9. The van der Waals surface area contributed by atoms with Crippen molar-refractivity contribution >= 4 is 28.4 Å². The number of rotatable bonds is 5. The molecule has 1 saturated carbocycles. The van der Waals surface area contributed by atoms with Crippen molar-refractivity contribution < 1.29 is 4.79 Å². The molecule has 150 valence electrons. The lowest BCUT2D eigenvalue weighted by molar-refractivity contribution is 0.102. The van der Waals surface area contributed by atoms with E-state index in [4.69, 9.17) is 4.98 Å². The number of thioether (sulfide) groups is 1. The zero-order chi connectivity index (χ0) is 20.4. The van der Waals surface area contributed by atoms with E-state index in [0.717, 1.165) is 12.8 Å². The summed E-state index contributed by atoms with van der Waals surface area (Å²) in [7, 11) is 0. The number of carbonyl (C=O) groups excluding carboxylic acids is 1. The minimum Gasteiger partial charge on any atom is -0.293 e. The lowest BCUT2D eigenvalue weighted by Crippen LogP contribution is -2.35. The SMILES string of the molecule is C[C@@H]1[C@H](C)CCC[C@@H]1n1c(SCC(=O)c2ccccc2)nc2ccccc2c1=O. The van der Waals surface area contributed by atoms with Crippen molar-refractivity contribution in [3.63, 3.8) is 0 Å². The molecule has 0 saturated heterocycles. The smallest absolute Gasteiger partial charge is 0.262 e. The summed E-state index contributed by atoms with van der Waals surface area (Å²) in [6.07, 6.45) is 3.29. The van der Waals surface area contributed by atoms with Gasteiger partial charge in [0.1, 0.15) is 0 Å². The van der Waals surface area contributed by atoms with Crippen molar-refractivity contribution in [1.82, 2.24) is 9.55 Å². The van der Waals surface area contributed by atoms with Gasteiger partial charge in [0.15, 0.2) is 10.9 Å². The third-order valence-electron chi connectivity index (χ3n) is 6.20. The topological polar surface area (TPSA) is 52.0 Å². The Balaban J connectivity index is 1.73. The second kappa shape index (κ2) is 8.54. The maximum atomic E-state index is 13.4. The first-order chi connectivity index (χ1) is 14.1. The zero-order valence-corrected chi connectivity index (χ0v) is 17.7. The molecule has 0 unspecified atom stereocenters. The second-order valence-electron chi connectivity index (χ2n) is 8.00. The van der Waals surface area contributed by atoms with E-state index in [-0.39, 0.29) is 23.1 Å². The van der Waals surface area contributed by atoms with Crippen LogP contribution in [0.15, 0.2) is 64.5 Å². The Morgan fingerprint density at radius 3 is 2.59 bits per heavy atom.